The number of aryl methyl sites for hydroxylation is 2. The molecule has 1 aromatic heterocycles. The van der Waals surface area contributed by atoms with Gasteiger partial charge in [0, 0.05) is 13.6 Å². The maximum Gasteiger partial charge on any atom is 0.345 e. The number of hydrogen-bond acceptors (Lipinski definition) is 3. The predicted octanol–water partition coefficient (Wildman–Crippen LogP) is -0.289. The Labute approximate surface area is 77.2 Å². The van der Waals surface area contributed by atoms with E-state index >= 15 is 0 Å². The van der Waals surface area contributed by atoms with E-state index in [1.165, 1.54) is 15.6 Å². The van der Waals surface area contributed by atoms with E-state index in [9.17, 15) is 4.79 Å². The molecule has 0 unspecified atom stereocenters. The third-order valence-electron chi connectivity index (χ3n) is 1.96. The van der Waals surface area contributed by atoms with E-state index in [4.69, 9.17) is 5.73 Å². The van der Waals surface area contributed by atoms with Gasteiger partial charge in [-0.3, -0.25) is 4.57 Å². The van der Waals surface area contributed by atoms with Crippen LogP contribution in [0.3, 0.4) is 0 Å². The van der Waals surface area contributed by atoms with Crippen LogP contribution in [0.1, 0.15) is 19.3 Å². The lowest BCUT2D eigenvalue weighted by Crippen LogP contribution is -2.23. The van der Waals surface area contributed by atoms with Crippen LogP contribution in [0.25, 0.3) is 0 Å². The van der Waals surface area contributed by atoms with Gasteiger partial charge in [0.15, 0.2) is 0 Å². The molecule has 0 spiro atoms. The lowest BCUT2D eigenvalue weighted by atomic mass is 10.2. The minimum absolute atomic E-state index is 0.0484. The molecule has 13 heavy (non-hydrogen) atoms. The zero-order valence-corrected chi connectivity index (χ0v) is 7.94. The highest BCUT2D eigenvalue weighted by atomic mass is 16.2. The van der Waals surface area contributed by atoms with Crippen LogP contribution in [0.5, 0.6) is 0 Å². The van der Waals surface area contributed by atoms with Crippen LogP contribution in [0, 0.1) is 0 Å². The van der Waals surface area contributed by atoms with Gasteiger partial charge in [0.2, 0.25) is 0 Å². The van der Waals surface area contributed by atoms with E-state index in [1.54, 1.807) is 7.05 Å². The molecule has 1 aromatic rings. The molecule has 1 heterocycles. The maximum absolute atomic E-state index is 11.3. The van der Waals surface area contributed by atoms with Crippen LogP contribution < -0.4 is 11.4 Å². The topological polar surface area (TPSA) is 65.8 Å². The molecular weight excluding hydrogens is 168 g/mol. The highest BCUT2D eigenvalue weighted by Gasteiger charge is 1.99. The maximum atomic E-state index is 11.3. The van der Waals surface area contributed by atoms with E-state index < -0.39 is 0 Å². The van der Waals surface area contributed by atoms with Gasteiger partial charge in [-0.05, 0) is 19.4 Å². The molecule has 2 N–H and O–H groups in total. The van der Waals surface area contributed by atoms with Crippen molar-refractivity contribution >= 4 is 0 Å². The van der Waals surface area contributed by atoms with E-state index in [0.29, 0.717) is 6.54 Å². The van der Waals surface area contributed by atoms with Crippen molar-refractivity contribution in [2.24, 2.45) is 12.8 Å². The van der Waals surface area contributed by atoms with Gasteiger partial charge < -0.3 is 5.73 Å². The first-order valence-corrected chi connectivity index (χ1v) is 4.54. The summed E-state index contributed by atoms with van der Waals surface area (Å²) in [6.45, 7) is 1.41. The second-order valence-electron chi connectivity index (χ2n) is 3.10. The quantitative estimate of drug-likeness (QED) is 0.639. The third-order valence-corrected chi connectivity index (χ3v) is 1.96. The second kappa shape index (κ2) is 4.81. The van der Waals surface area contributed by atoms with Gasteiger partial charge >= 0.3 is 5.69 Å². The molecule has 0 aromatic carbocycles. The number of unbranched alkanes of at least 4 members (excludes halogenated alkanes) is 2. The number of hydrogen-bond donors (Lipinski definition) is 1. The highest BCUT2D eigenvalue weighted by Crippen LogP contribution is 1.94. The normalized spacial score (nSPS) is 10.6. The van der Waals surface area contributed by atoms with Gasteiger partial charge in [-0.1, -0.05) is 6.42 Å². The summed E-state index contributed by atoms with van der Waals surface area (Å²) in [5, 5.41) is 3.95. The van der Waals surface area contributed by atoms with Crippen molar-refractivity contribution in [3.8, 4) is 0 Å². The summed E-state index contributed by atoms with van der Waals surface area (Å²) in [5.41, 5.74) is 5.31. The lowest BCUT2D eigenvalue weighted by Gasteiger charge is -1.98. The Morgan fingerprint density at radius 3 is 2.77 bits per heavy atom. The van der Waals surface area contributed by atoms with Crippen LogP contribution in [-0.4, -0.2) is 20.9 Å². The molecule has 0 saturated heterocycles. The van der Waals surface area contributed by atoms with E-state index in [0.717, 1.165) is 25.8 Å². The van der Waals surface area contributed by atoms with Crippen LogP contribution >= 0.6 is 0 Å². The van der Waals surface area contributed by atoms with Crippen molar-refractivity contribution in [2.75, 3.05) is 6.54 Å². The zero-order valence-electron chi connectivity index (χ0n) is 7.94. The second-order valence-corrected chi connectivity index (χ2v) is 3.10. The van der Waals surface area contributed by atoms with Crippen molar-refractivity contribution in [3.05, 3.63) is 16.8 Å². The Hall–Kier alpha value is -1.10. The molecule has 0 fully saturated rings. The Balaban J connectivity index is 2.37. The first-order valence-electron chi connectivity index (χ1n) is 4.54. The monoisotopic (exact) mass is 184 g/mol. The SMILES string of the molecule is Cn1cnn(CCCCCN)c1=O. The van der Waals surface area contributed by atoms with E-state index in [2.05, 4.69) is 5.10 Å². The molecule has 0 aliphatic carbocycles. The van der Waals surface area contributed by atoms with E-state index in [1.807, 2.05) is 0 Å². The standard InChI is InChI=1S/C8H16N4O/c1-11-7-10-12(8(11)13)6-4-2-3-5-9/h7H,2-6,9H2,1H3. The Morgan fingerprint density at radius 2 is 2.23 bits per heavy atom. The molecule has 0 radical (unpaired) electrons. The minimum atomic E-state index is -0.0484. The van der Waals surface area contributed by atoms with Crippen molar-refractivity contribution in [1.82, 2.24) is 14.3 Å². The fourth-order valence-electron chi connectivity index (χ4n) is 1.16. The van der Waals surface area contributed by atoms with Gasteiger partial charge in [-0.25, -0.2) is 9.48 Å². The molecule has 0 bridgehead atoms. The number of rotatable bonds is 5. The molecule has 0 amide bonds. The third kappa shape index (κ3) is 2.69. The van der Waals surface area contributed by atoms with Crippen LogP contribution in [-0.2, 0) is 13.6 Å². The molecule has 0 saturated carbocycles. The summed E-state index contributed by atoms with van der Waals surface area (Å²) in [6, 6.07) is 0. The molecule has 0 aliphatic rings. The van der Waals surface area contributed by atoms with Crippen molar-refractivity contribution in [1.29, 1.82) is 0 Å². The lowest BCUT2D eigenvalue weighted by molar-refractivity contribution is 0.528. The van der Waals surface area contributed by atoms with Gasteiger partial charge in [0.05, 0.1) is 0 Å². The van der Waals surface area contributed by atoms with E-state index in [-0.39, 0.29) is 5.69 Å². The number of aromatic nitrogens is 3. The number of nitrogens with two attached hydrogens (primary N) is 1. The minimum Gasteiger partial charge on any atom is -0.330 e. The highest BCUT2D eigenvalue weighted by molar-refractivity contribution is 4.64. The molecule has 0 aliphatic heterocycles. The summed E-state index contributed by atoms with van der Waals surface area (Å²) < 4.78 is 2.96. The molecule has 74 valence electrons. The van der Waals surface area contributed by atoms with Crippen molar-refractivity contribution in [3.63, 3.8) is 0 Å². The summed E-state index contributed by atoms with van der Waals surface area (Å²) in [5.74, 6) is 0. The predicted molar refractivity (Wildman–Crippen MR) is 50.4 cm³/mol. The molecule has 0 atom stereocenters. The molecular formula is C8H16N4O. The number of nitrogens with zero attached hydrogens (tertiary/aromatic N) is 3. The smallest absolute Gasteiger partial charge is 0.330 e. The summed E-state index contributed by atoms with van der Waals surface area (Å²) in [4.78, 5) is 11.3. The van der Waals surface area contributed by atoms with Gasteiger partial charge in [0.25, 0.3) is 0 Å². The Morgan fingerprint density at radius 1 is 1.46 bits per heavy atom. The molecule has 1 rings (SSSR count). The van der Waals surface area contributed by atoms with Crippen molar-refractivity contribution < 1.29 is 0 Å². The fourth-order valence-corrected chi connectivity index (χ4v) is 1.16. The summed E-state index contributed by atoms with van der Waals surface area (Å²) in [7, 11) is 1.70. The Kier molecular flexibility index (Phi) is 3.70. The van der Waals surface area contributed by atoms with Crippen LogP contribution in [0.15, 0.2) is 11.1 Å². The fraction of sp³-hybridized carbons (Fsp3) is 0.750. The van der Waals surface area contributed by atoms with Gasteiger partial charge in [-0.2, -0.15) is 5.10 Å². The first kappa shape index (κ1) is 9.98. The average molecular weight is 184 g/mol. The van der Waals surface area contributed by atoms with Crippen molar-refractivity contribution in [2.45, 2.75) is 25.8 Å². The average Bonchev–Trinajstić information content (AvgIpc) is 2.43. The van der Waals surface area contributed by atoms with Crippen LogP contribution in [0.4, 0.5) is 0 Å². The first-order chi connectivity index (χ1) is 6.25. The summed E-state index contributed by atoms with van der Waals surface area (Å²) >= 11 is 0. The largest absolute Gasteiger partial charge is 0.345 e. The summed E-state index contributed by atoms with van der Waals surface area (Å²) in [6.07, 6.45) is 4.57. The molecule has 5 heteroatoms. The van der Waals surface area contributed by atoms with Gasteiger partial charge in [0.1, 0.15) is 6.33 Å². The van der Waals surface area contributed by atoms with Crippen LogP contribution in [0.2, 0.25) is 0 Å². The van der Waals surface area contributed by atoms with Gasteiger partial charge in [-0.15, -0.1) is 0 Å². The zero-order chi connectivity index (χ0) is 9.68. The molecule has 5 nitrogen and oxygen atoms in total. The Bertz CT molecular complexity index is 301.